The Hall–Kier alpha value is -2.57. The van der Waals surface area contributed by atoms with Crippen molar-refractivity contribution in [2.75, 3.05) is 20.8 Å². The second-order valence-corrected chi connectivity index (χ2v) is 6.42. The molecule has 0 saturated carbocycles. The van der Waals surface area contributed by atoms with Gasteiger partial charge in [0.15, 0.2) is 11.5 Å². The van der Waals surface area contributed by atoms with Crippen LogP contribution in [0.25, 0.3) is 0 Å². The van der Waals surface area contributed by atoms with Crippen molar-refractivity contribution in [2.24, 2.45) is 0 Å². The Kier molecular flexibility index (Phi) is 6.09. The Labute approximate surface area is 154 Å². The largest absolute Gasteiger partial charge is 0.493 e. The number of ether oxygens (including phenoxy) is 2. The third kappa shape index (κ3) is 4.53. The molecule has 2 aromatic rings. The number of nitrogens with one attached hydrogen (secondary N) is 2. The second-order valence-electron chi connectivity index (χ2n) is 6.42. The summed E-state index contributed by atoms with van der Waals surface area (Å²) in [6.45, 7) is 1.06. The van der Waals surface area contributed by atoms with Crippen LogP contribution in [0.2, 0.25) is 0 Å². The Balaban J connectivity index is 1.49. The minimum atomic E-state index is -0.255. The van der Waals surface area contributed by atoms with Gasteiger partial charge in [-0.15, -0.1) is 0 Å². The molecule has 2 aromatic carbocycles. The van der Waals surface area contributed by atoms with Crippen molar-refractivity contribution in [3.63, 3.8) is 0 Å². The lowest BCUT2D eigenvalue weighted by Crippen LogP contribution is -2.44. The third-order valence-corrected chi connectivity index (χ3v) is 4.43. The van der Waals surface area contributed by atoms with Crippen LogP contribution in [0.5, 0.6) is 11.5 Å². The predicted molar refractivity (Wildman–Crippen MR) is 99.9 cm³/mol. The fourth-order valence-corrected chi connectivity index (χ4v) is 3.02. The molecule has 1 aliphatic heterocycles. The van der Waals surface area contributed by atoms with Gasteiger partial charge in [-0.1, -0.05) is 42.5 Å². The average Bonchev–Trinajstić information content (AvgIpc) is 3.15. The summed E-state index contributed by atoms with van der Waals surface area (Å²) >= 11 is 0. The third-order valence-electron chi connectivity index (χ3n) is 4.43. The maximum Gasteiger partial charge on any atom is 0.241 e. The summed E-state index contributed by atoms with van der Waals surface area (Å²) in [5.41, 5.74) is 7.35. The van der Waals surface area contributed by atoms with Crippen LogP contribution in [0.4, 0.5) is 0 Å². The number of hydrogen-bond acceptors (Lipinski definition) is 5. The van der Waals surface area contributed by atoms with Crippen LogP contribution in [0.1, 0.15) is 12.0 Å². The summed E-state index contributed by atoms with van der Waals surface area (Å²) in [7, 11) is 3.45. The number of hydrogen-bond donors (Lipinski definition) is 2. The summed E-state index contributed by atoms with van der Waals surface area (Å²) in [5.74, 6) is 1.47. The van der Waals surface area contributed by atoms with Crippen molar-refractivity contribution < 1.29 is 14.3 Å². The number of para-hydroxylation sites is 2. The highest BCUT2D eigenvalue weighted by molar-refractivity contribution is 5.82. The van der Waals surface area contributed by atoms with Crippen molar-refractivity contribution in [2.45, 2.75) is 25.0 Å². The Bertz CT molecular complexity index is 723. The lowest BCUT2D eigenvalue weighted by atomic mass is 10.1. The van der Waals surface area contributed by atoms with E-state index < -0.39 is 0 Å². The number of nitrogens with zero attached hydrogens (tertiary/aromatic N) is 1. The van der Waals surface area contributed by atoms with Crippen molar-refractivity contribution in [1.82, 2.24) is 15.8 Å². The molecule has 6 nitrogen and oxygen atoms in total. The zero-order valence-electron chi connectivity index (χ0n) is 15.1. The van der Waals surface area contributed by atoms with Crippen LogP contribution >= 0.6 is 0 Å². The van der Waals surface area contributed by atoms with Gasteiger partial charge >= 0.3 is 0 Å². The number of benzene rings is 2. The smallest absolute Gasteiger partial charge is 0.241 e. The number of hydrazine groups is 1. The molecule has 1 amide bonds. The standard InChI is InChI=1S/C20H25N3O3/c1-23(13-15-8-4-3-5-9-15)20(24)17-12-16(21-22-17)14-26-19-11-7-6-10-18(19)25-2/h3-11,16-17,21-22H,12-14H2,1-2H3. The molecule has 2 N–H and O–H groups in total. The molecule has 0 radical (unpaired) electrons. The molecule has 6 heteroatoms. The topological polar surface area (TPSA) is 62.8 Å². The zero-order chi connectivity index (χ0) is 18.4. The molecule has 26 heavy (non-hydrogen) atoms. The van der Waals surface area contributed by atoms with E-state index in [2.05, 4.69) is 10.9 Å². The van der Waals surface area contributed by atoms with E-state index >= 15 is 0 Å². The lowest BCUT2D eigenvalue weighted by Gasteiger charge is -2.21. The second kappa shape index (κ2) is 8.69. The SMILES string of the molecule is COc1ccccc1OCC1CC(C(=O)N(C)Cc2ccccc2)NN1. The van der Waals surface area contributed by atoms with Crippen LogP contribution < -0.4 is 20.3 Å². The van der Waals surface area contributed by atoms with Crippen LogP contribution in [0.15, 0.2) is 54.6 Å². The van der Waals surface area contributed by atoms with Crippen molar-refractivity contribution in [3.8, 4) is 11.5 Å². The van der Waals surface area contributed by atoms with E-state index in [-0.39, 0.29) is 18.0 Å². The highest BCUT2D eigenvalue weighted by Gasteiger charge is 2.31. The van der Waals surface area contributed by atoms with E-state index in [1.165, 1.54) is 0 Å². The molecular formula is C20H25N3O3. The summed E-state index contributed by atoms with van der Waals surface area (Å²) in [5, 5.41) is 0. The molecule has 2 atom stereocenters. The molecule has 0 spiro atoms. The molecule has 0 aromatic heterocycles. The van der Waals surface area contributed by atoms with Gasteiger partial charge in [0.05, 0.1) is 13.2 Å². The van der Waals surface area contributed by atoms with E-state index in [1.54, 1.807) is 12.0 Å². The number of carbonyl (C=O) groups excluding carboxylic acids is 1. The number of rotatable bonds is 7. The van der Waals surface area contributed by atoms with Crippen molar-refractivity contribution in [1.29, 1.82) is 0 Å². The van der Waals surface area contributed by atoms with Gasteiger partial charge in [-0.25, -0.2) is 5.43 Å². The van der Waals surface area contributed by atoms with Gasteiger partial charge in [0, 0.05) is 13.6 Å². The summed E-state index contributed by atoms with van der Waals surface area (Å²) in [6, 6.07) is 17.3. The first-order valence-corrected chi connectivity index (χ1v) is 8.73. The molecule has 1 fully saturated rings. The van der Waals surface area contributed by atoms with Gasteiger partial charge in [-0.2, -0.15) is 0 Å². The van der Waals surface area contributed by atoms with Gasteiger partial charge in [0.2, 0.25) is 5.91 Å². The Morgan fingerprint density at radius 2 is 1.77 bits per heavy atom. The fourth-order valence-electron chi connectivity index (χ4n) is 3.02. The Morgan fingerprint density at radius 3 is 2.50 bits per heavy atom. The lowest BCUT2D eigenvalue weighted by molar-refractivity contribution is -0.132. The van der Waals surface area contributed by atoms with Crippen LogP contribution in [0.3, 0.4) is 0 Å². The quantitative estimate of drug-likeness (QED) is 0.795. The number of methoxy groups -OCH3 is 1. The maximum absolute atomic E-state index is 12.6. The highest BCUT2D eigenvalue weighted by Crippen LogP contribution is 2.26. The van der Waals surface area contributed by atoms with Crippen LogP contribution in [-0.4, -0.2) is 43.7 Å². The molecule has 3 rings (SSSR count). The normalized spacial score (nSPS) is 19.2. The van der Waals surface area contributed by atoms with Crippen LogP contribution in [-0.2, 0) is 11.3 Å². The van der Waals surface area contributed by atoms with E-state index in [9.17, 15) is 4.79 Å². The fraction of sp³-hybridized carbons (Fsp3) is 0.350. The average molecular weight is 355 g/mol. The Morgan fingerprint density at radius 1 is 1.08 bits per heavy atom. The molecule has 1 saturated heterocycles. The minimum absolute atomic E-state index is 0.0546. The first-order chi connectivity index (χ1) is 12.7. The van der Waals surface area contributed by atoms with Gasteiger partial charge in [-0.05, 0) is 24.1 Å². The van der Waals surface area contributed by atoms with Crippen LogP contribution in [0, 0.1) is 0 Å². The van der Waals surface area contributed by atoms with Gasteiger partial charge in [0.25, 0.3) is 0 Å². The van der Waals surface area contributed by atoms with E-state index in [1.807, 2.05) is 61.6 Å². The highest BCUT2D eigenvalue weighted by atomic mass is 16.5. The number of carbonyl (C=O) groups is 1. The molecule has 0 bridgehead atoms. The van der Waals surface area contributed by atoms with E-state index in [0.717, 1.165) is 5.56 Å². The number of likely N-dealkylation sites (N-methyl/N-ethyl adjacent to an activating group) is 1. The predicted octanol–water partition coefficient (Wildman–Crippen LogP) is 1.97. The molecule has 1 heterocycles. The monoisotopic (exact) mass is 355 g/mol. The van der Waals surface area contributed by atoms with E-state index in [0.29, 0.717) is 31.1 Å². The van der Waals surface area contributed by atoms with Gasteiger partial charge in [-0.3, -0.25) is 10.2 Å². The van der Waals surface area contributed by atoms with Gasteiger partial charge < -0.3 is 14.4 Å². The molecule has 138 valence electrons. The van der Waals surface area contributed by atoms with Gasteiger partial charge in [0.1, 0.15) is 12.6 Å². The van der Waals surface area contributed by atoms with Crippen molar-refractivity contribution in [3.05, 3.63) is 60.2 Å². The summed E-state index contributed by atoms with van der Waals surface area (Å²) < 4.78 is 11.1. The first kappa shape index (κ1) is 18.2. The van der Waals surface area contributed by atoms with E-state index in [4.69, 9.17) is 9.47 Å². The summed E-state index contributed by atoms with van der Waals surface area (Å²) in [4.78, 5) is 14.4. The number of amides is 1. The zero-order valence-corrected chi connectivity index (χ0v) is 15.1. The molecule has 0 aliphatic carbocycles. The molecular weight excluding hydrogens is 330 g/mol. The van der Waals surface area contributed by atoms with Crippen molar-refractivity contribution >= 4 is 5.91 Å². The maximum atomic E-state index is 12.6. The molecule has 2 unspecified atom stereocenters. The summed E-state index contributed by atoms with van der Waals surface area (Å²) in [6.07, 6.45) is 0.674. The first-order valence-electron chi connectivity index (χ1n) is 8.73. The minimum Gasteiger partial charge on any atom is -0.493 e. The molecule has 1 aliphatic rings.